The van der Waals surface area contributed by atoms with Crippen molar-refractivity contribution in [2.45, 2.75) is 18.9 Å². The lowest BCUT2D eigenvalue weighted by atomic mass is 10.1. The van der Waals surface area contributed by atoms with Crippen molar-refractivity contribution in [3.05, 3.63) is 53.2 Å². The Morgan fingerprint density at radius 1 is 1.30 bits per heavy atom. The number of hydrogen-bond acceptors (Lipinski definition) is 4. The van der Waals surface area contributed by atoms with Gasteiger partial charge in [0.2, 0.25) is 0 Å². The minimum absolute atomic E-state index is 0.202. The minimum atomic E-state index is -0.202. The molecule has 1 saturated heterocycles. The zero-order valence-electron chi connectivity index (χ0n) is 12.7. The second-order valence-corrected chi connectivity index (χ2v) is 5.99. The zero-order valence-corrected chi connectivity index (χ0v) is 13.4. The summed E-state index contributed by atoms with van der Waals surface area (Å²) in [5, 5.41) is 10.2. The standard InChI is InChI=1S/C17H19ClN4O/c18-12-4-1-5-13(10-12)22-17(23)15-7-3-9-20-16(15)21-14-6-2-8-19-11-14/h1,3-5,7,9-10,14,19H,2,6,8,11H2,(H,20,21)(H,22,23)/t14-/m0/s1. The molecule has 3 rings (SSSR count). The van der Waals surface area contributed by atoms with Crippen LogP contribution >= 0.6 is 11.6 Å². The summed E-state index contributed by atoms with van der Waals surface area (Å²) >= 11 is 5.95. The summed E-state index contributed by atoms with van der Waals surface area (Å²) < 4.78 is 0. The minimum Gasteiger partial charge on any atom is -0.365 e. The van der Waals surface area contributed by atoms with Gasteiger partial charge in [-0.2, -0.15) is 0 Å². The lowest BCUT2D eigenvalue weighted by molar-refractivity contribution is 0.102. The van der Waals surface area contributed by atoms with Crippen molar-refractivity contribution in [3.8, 4) is 0 Å². The number of amides is 1. The summed E-state index contributed by atoms with van der Waals surface area (Å²) in [7, 11) is 0. The van der Waals surface area contributed by atoms with E-state index in [2.05, 4.69) is 20.9 Å². The monoisotopic (exact) mass is 330 g/mol. The molecule has 1 atom stereocenters. The molecule has 2 heterocycles. The molecule has 2 aromatic rings. The van der Waals surface area contributed by atoms with Gasteiger partial charge in [-0.05, 0) is 49.7 Å². The van der Waals surface area contributed by atoms with E-state index in [1.807, 2.05) is 0 Å². The molecule has 0 saturated carbocycles. The fourth-order valence-corrected chi connectivity index (χ4v) is 2.83. The first-order valence-electron chi connectivity index (χ1n) is 7.71. The first kappa shape index (κ1) is 15.8. The predicted octanol–water partition coefficient (Wildman–Crippen LogP) is 3.15. The van der Waals surface area contributed by atoms with Crippen LogP contribution in [0, 0.1) is 0 Å². The number of carbonyl (C=O) groups is 1. The van der Waals surface area contributed by atoms with Gasteiger partial charge in [0.25, 0.3) is 5.91 Å². The fourth-order valence-electron chi connectivity index (χ4n) is 2.64. The van der Waals surface area contributed by atoms with E-state index in [4.69, 9.17) is 11.6 Å². The van der Waals surface area contributed by atoms with Gasteiger partial charge >= 0.3 is 0 Å². The van der Waals surface area contributed by atoms with E-state index < -0.39 is 0 Å². The maximum Gasteiger partial charge on any atom is 0.259 e. The van der Waals surface area contributed by atoms with Crippen molar-refractivity contribution in [3.63, 3.8) is 0 Å². The third-order valence-corrected chi connectivity index (χ3v) is 4.01. The molecule has 0 unspecified atom stereocenters. The van der Waals surface area contributed by atoms with Gasteiger partial charge in [0.15, 0.2) is 0 Å². The number of hydrogen-bond donors (Lipinski definition) is 3. The summed E-state index contributed by atoms with van der Waals surface area (Å²) in [6, 6.07) is 10.9. The SMILES string of the molecule is O=C(Nc1cccc(Cl)c1)c1cccnc1N[C@H]1CCCNC1. The van der Waals surface area contributed by atoms with Crippen LogP contribution in [0.1, 0.15) is 23.2 Å². The largest absolute Gasteiger partial charge is 0.365 e. The first-order valence-corrected chi connectivity index (χ1v) is 8.09. The van der Waals surface area contributed by atoms with Gasteiger partial charge in [-0.1, -0.05) is 17.7 Å². The van der Waals surface area contributed by atoms with Crippen LogP contribution in [0.4, 0.5) is 11.5 Å². The van der Waals surface area contributed by atoms with Gasteiger partial charge in [-0.3, -0.25) is 4.79 Å². The molecule has 120 valence electrons. The van der Waals surface area contributed by atoms with Gasteiger partial charge in [-0.15, -0.1) is 0 Å². The fraction of sp³-hybridized carbons (Fsp3) is 0.294. The van der Waals surface area contributed by atoms with Crippen molar-refractivity contribution in [1.29, 1.82) is 0 Å². The van der Waals surface area contributed by atoms with Crippen molar-refractivity contribution >= 4 is 29.0 Å². The molecule has 1 aliphatic rings. The summed E-state index contributed by atoms with van der Waals surface area (Å²) in [6.07, 6.45) is 3.88. The second-order valence-electron chi connectivity index (χ2n) is 5.55. The smallest absolute Gasteiger partial charge is 0.259 e. The maximum atomic E-state index is 12.5. The molecule has 1 amide bonds. The molecule has 23 heavy (non-hydrogen) atoms. The molecule has 1 aromatic heterocycles. The molecule has 6 heteroatoms. The summed E-state index contributed by atoms with van der Waals surface area (Å²) in [6.45, 7) is 1.93. The Balaban J connectivity index is 1.74. The van der Waals surface area contributed by atoms with Gasteiger partial charge in [0.05, 0.1) is 5.56 Å². The van der Waals surface area contributed by atoms with Crippen molar-refractivity contribution in [1.82, 2.24) is 10.3 Å². The average Bonchev–Trinajstić information content (AvgIpc) is 2.56. The molecule has 5 nitrogen and oxygen atoms in total. The van der Waals surface area contributed by atoms with E-state index in [-0.39, 0.29) is 11.9 Å². The van der Waals surface area contributed by atoms with Gasteiger partial charge < -0.3 is 16.0 Å². The van der Waals surface area contributed by atoms with Crippen LogP contribution in [0.5, 0.6) is 0 Å². The normalized spacial score (nSPS) is 17.5. The summed E-state index contributed by atoms with van der Waals surface area (Å²) in [5.74, 6) is 0.410. The van der Waals surface area contributed by atoms with Crippen LogP contribution in [-0.4, -0.2) is 30.0 Å². The number of piperidine rings is 1. The summed E-state index contributed by atoms with van der Waals surface area (Å²) in [4.78, 5) is 16.9. The van der Waals surface area contributed by atoms with Gasteiger partial charge in [0.1, 0.15) is 5.82 Å². The predicted molar refractivity (Wildman–Crippen MR) is 93.2 cm³/mol. The van der Waals surface area contributed by atoms with Crippen LogP contribution in [0.25, 0.3) is 0 Å². The molecule has 1 aliphatic heterocycles. The number of rotatable bonds is 4. The molecule has 1 aromatic carbocycles. The van der Waals surface area contributed by atoms with E-state index in [1.165, 1.54) is 0 Å². The van der Waals surface area contributed by atoms with E-state index in [1.54, 1.807) is 42.6 Å². The summed E-state index contributed by atoms with van der Waals surface area (Å²) in [5.41, 5.74) is 1.19. The Kier molecular flexibility index (Phi) is 5.10. The van der Waals surface area contributed by atoms with Crippen LogP contribution in [-0.2, 0) is 0 Å². The van der Waals surface area contributed by atoms with Crippen LogP contribution in [0.2, 0.25) is 5.02 Å². The Morgan fingerprint density at radius 3 is 3.00 bits per heavy atom. The molecule has 0 radical (unpaired) electrons. The van der Waals surface area contributed by atoms with Crippen LogP contribution in [0.15, 0.2) is 42.6 Å². The lowest BCUT2D eigenvalue weighted by Gasteiger charge is -2.25. The number of nitrogens with zero attached hydrogens (tertiary/aromatic N) is 1. The van der Waals surface area contributed by atoms with E-state index in [0.717, 1.165) is 25.9 Å². The van der Waals surface area contributed by atoms with Gasteiger partial charge in [0, 0.05) is 29.5 Å². The maximum absolute atomic E-state index is 12.5. The van der Waals surface area contributed by atoms with E-state index in [9.17, 15) is 4.79 Å². The molecular weight excluding hydrogens is 312 g/mol. The third-order valence-electron chi connectivity index (χ3n) is 3.77. The molecule has 1 fully saturated rings. The second kappa shape index (κ2) is 7.44. The number of halogens is 1. The van der Waals surface area contributed by atoms with E-state index >= 15 is 0 Å². The highest BCUT2D eigenvalue weighted by Gasteiger charge is 2.18. The number of nitrogens with one attached hydrogen (secondary N) is 3. The van der Waals surface area contributed by atoms with E-state index in [0.29, 0.717) is 22.1 Å². The highest BCUT2D eigenvalue weighted by molar-refractivity contribution is 6.31. The highest BCUT2D eigenvalue weighted by Crippen LogP contribution is 2.19. The molecule has 0 aliphatic carbocycles. The Labute approximate surface area is 140 Å². The van der Waals surface area contributed by atoms with Gasteiger partial charge in [-0.25, -0.2) is 4.98 Å². The average molecular weight is 331 g/mol. The van der Waals surface area contributed by atoms with Crippen LogP contribution < -0.4 is 16.0 Å². The van der Waals surface area contributed by atoms with Crippen molar-refractivity contribution < 1.29 is 4.79 Å². The quantitative estimate of drug-likeness (QED) is 0.805. The zero-order chi connectivity index (χ0) is 16.1. The third kappa shape index (κ3) is 4.21. The Bertz CT molecular complexity index is 686. The first-order chi connectivity index (χ1) is 11.2. The number of aromatic nitrogens is 1. The number of carbonyl (C=O) groups excluding carboxylic acids is 1. The number of anilines is 2. The lowest BCUT2D eigenvalue weighted by Crippen LogP contribution is -2.39. The van der Waals surface area contributed by atoms with Crippen LogP contribution in [0.3, 0.4) is 0 Å². The number of benzene rings is 1. The topological polar surface area (TPSA) is 66.0 Å². The molecule has 0 bridgehead atoms. The highest BCUT2D eigenvalue weighted by atomic mass is 35.5. The molecule has 3 N–H and O–H groups in total. The molecular formula is C17H19ClN4O. The number of pyridine rings is 1. The Morgan fingerprint density at radius 2 is 2.22 bits per heavy atom. The van der Waals surface area contributed by atoms with Crippen molar-refractivity contribution in [2.75, 3.05) is 23.7 Å². The van der Waals surface area contributed by atoms with Crippen molar-refractivity contribution in [2.24, 2.45) is 0 Å². The Hall–Kier alpha value is -2.11. The molecule has 0 spiro atoms.